The number of aromatic nitrogens is 4. The molecule has 2 amide bonds. The molecule has 0 spiro atoms. The molecule has 4 aromatic rings. The number of nitrogens with zero attached hydrogens (tertiary/aromatic N) is 5. The van der Waals surface area contributed by atoms with Crippen LogP contribution in [-0.2, 0) is 10.2 Å². The van der Waals surface area contributed by atoms with Crippen LogP contribution >= 0.6 is 0 Å². The van der Waals surface area contributed by atoms with Crippen LogP contribution in [0.4, 0.5) is 0 Å². The van der Waals surface area contributed by atoms with Crippen LogP contribution in [0, 0.1) is 6.92 Å². The van der Waals surface area contributed by atoms with Crippen LogP contribution in [0.5, 0.6) is 0 Å². The first-order valence-corrected chi connectivity index (χ1v) is 13.4. The Bertz CT molecular complexity index is 1560. The Kier molecular flexibility index (Phi) is 7.01. The number of rotatable bonds is 8. The van der Waals surface area contributed by atoms with Gasteiger partial charge in [-0.2, -0.15) is 0 Å². The number of hydrogen-bond donors (Lipinski definition) is 3. The molecular formula is C29H31N7O4. The van der Waals surface area contributed by atoms with Gasteiger partial charge in [-0.15, -0.1) is 0 Å². The van der Waals surface area contributed by atoms with Crippen molar-refractivity contribution in [3.63, 3.8) is 0 Å². The molecule has 0 atom stereocenters. The van der Waals surface area contributed by atoms with Crippen LogP contribution in [0.1, 0.15) is 50.6 Å². The van der Waals surface area contributed by atoms with Crippen molar-refractivity contribution < 1.29 is 19.5 Å². The summed E-state index contributed by atoms with van der Waals surface area (Å²) >= 11 is 0. The second-order valence-electron chi connectivity index (χ2n) is 10.3. The van der Waals surface area contributed by atoms with E-state index >= 15 is 0 Å². The van der Waals surface area contributed by atoms with E-state index < -0.39 is 5.91 Å². The summed E-state index contributed by atoms with van der Waals surface area (Å²) < 4.78 is 7.33. The van der Waals surface area contributed by atoms with E-state index in [9.17, 15) is 9.59 Å². The van der Waals surface area contributed by atoms with Crippen LogP contribution in [0.25, 0.3) is 17.0 Å². The fourth-order valence-corrected chi connectivity index (χ4v) is 5.36. The topological polar surface area (TPSA) is 134 Å². The summed E-state index contributed by atoms with van der Waals surface area (Å²) in [5.41, 5.74) is 6.39. The Balaban J connectivity index is 1.22. The van der Waals surface area contributed by atoms with Crippen LogP contribution in [0.15, 0.2) is 54.9 Å². The van der Waals surface area contributed by atoms with Gasteiger partial charge in [0.2, 0.25) is 0 Å². The SMILES string of the molecule is Cc1nc2cc(C(=O)NCCN3CCOCC3)ccn2c1-c1ccnc(C2(c3ccc(C(=O)NO)cc3)CC2)n1. The van der Waals surface area contributed by atoms with Crippen molar-refractivity contribution in [1.29, 1.82) is 0 Å². The molecule has 4 heterocycles. The lowest BCUT2D eigenvalue weighted by Gasteiger charge is -2.26. The van der Waals surface area contributed by atoms with Gasteiger partial charge in [-0.05, 0) is 55.7 Å². The maximum Gasteiger partial charge on any atom is 0.274 e. The highest BCUT2D eigenvalue weighted by atomic mass is 16.5. The highest BCUT2D eigenvalue weighted by molar-refractivity contribution is 5.95. The first-order chi connectivity index (χ1) is 19.5. The van der Waals surface area contributed by atoms with E-state index in [2.05, 4.69) is 15.2 Å². The third kappa shape index (κ3) is 4.94. The van der Waals surface area contributed by atoms with Gasteiger partial charge in [0, 0.05) is 49.7 Å². The van der Waals surface area contributed by atoms with Crippen LogP contribution in [-0.4, -0.2) is 80.7 Å². The average molecular weight is 542 g/mol. The highest BCUT2D eigenvalue weighted by Crippen LogP contribution is 2.52. The number of hydrogen-bond acceptors (Lipinski definition) is 8. The maximum absolute atomic E-state index is 12.8. The monoisotopic (exact) mass is 541 g/mol. The Morgan fingerprint density at radius 2 is 1.80 bits per heavy atom. The van der Waals surface area contributed by atoms with Crippen molar-refractivity contribution >= 4 is 17.5 Å². The van der Waals surface area contributed by atoms with Crippen LogP contribution in [0.2, 0.25) is 0 Å². The molecule has 1 saturated carbocycles. The van der Waals surface area contributed by atoms with Crippen molar-refractivity contribution in [3.8, 4) is 11.4 Å². The maximum atomic E-state index is 12.8. The minimum absolute atomic E-state index is 0.125. The molecule has 206 valence electrons. The largest absolute Gasteiger partial charge is 0.379 e. The van der Waals surface area contributed by atoms with Crippen molar-refractivity contribution in [3.05, 3.63) is 83.1 Å². The van der Waals surface area contributed by atoms with Gasteiger partial charge in [-0.3, -0.25) is 24.1 Å². The third-order valence-corrected chi connectivity index (χ3v) is 7.76. The van der Waals surface area contributed by atoms with E-state index in [1.165, 1.54) is 0 Å². The fraction of sp³-hybridized carbons (Fsp3) is 0.345. The van der Waals surface area contributed by atoms with Gasteiger partial charge in [0.25, 0.3) is 11.8 Å². The summed E-state index contributed by atoms with van der Waals surface area (Å²) in [6, 6.07) is 12.6. The molecule has 40 heavy (non-hydrogen) atoms. The second-order valence-corrected chi connectivity index (χ2v) is 10.3. The summed E-state index contributed by atoms with van der Waals surface area (Å²) in [7, 11) is 0. The molecule has 1 saturated heterocycles. The Morgan fingerprint density at radius 1 is 1.02 bits per heavy atom. The molecule has 6 rings (SSSR count). The number of carbonyl (C=O) groups is 2. The Hall–Kier alpha value is -4.19. The fourth-order valence-electron chi connectivity index (χ4n) is 5.36. The number of carbonyl (C=O) groups excluding carboxylic acids is 2. The zero-order valence-corrected chi connectivity index (χ0v) is 22.3. The van der Waals surface area contributed by atoms with E-state index in [1.54, 1.807) is 35.9 Å². The number of benzene rings is 1. The predicted octanol–water partition coefficient (Wildman–Crippen LogP) is 2.36. The molecule has 1 aliphatic carbocycles. The zero-order valence-electron chi connectivity index (χ0n) is 22.3. The highest BCUT2D eigenvalue weighted by Gasteiger charge is 2.48. The number of pyridine rings is 1. The summed E-state index contributed by atoms with van der Waals surface area (Å²) in [6.07, 6.45) is 5.43. The number of nitrogens with one attached hydrogen (secondary N) is 2. The third-order valence-electron chi connectivity index (χ3n) is 7.76. The predicted molar refractivity (Wildman–Crippen MR) is 146 cm³/mol. The average Bonchev–Trinajstić information content (AvgIpc) is 3.74. The van der Waals surface area contributed by atoms with Gasteiger partial charge < -0.3 is 10.1 Å². The minimum atomic E-state index is -0.550. The molecule has 3 aromatic heterocycles. The molecule has 11 nitrogen and oxygen atoms in total. The number of morpholine rings is 1. The normalized spacial score (nSPS) is 16.6. The number of aryl methyl sites for hydroxylation is 1. The summed E-state index contributed by atoms with van der Waals surface area (Å²) in [4.78, 5) is 41.1. The van der Waals surface area contributed by atoms with E-state index in [4.69, 9.17) is 19.9 Å². The van der Waals surface area contributed by atoms with Gasteiger partial charge >= 0.3 is 0 Å². The van der Waals surface area contributed by atoms with Crippen LogP contribution in [0.3, 0.4) is 0 Å². The molecule has 1 aliphatic heterocycles. The van der Waals surface area contributed by atoms with Crippen molar-refractivity contribution in [1.82, 2.24) is 35.0 Å². The molecule has 11 heteroatoms. The molecule has 3 N–H and O–H groups in total. The lowest BCUT2D eigenvalue weighted by Crippen LogP contribution is -2.41. The van der Waals surface area contributed by atoms with E-state index in [-0.39, 0.29) is 11.3 Å². The number of amides is 2. The molecular weight excluding hydrogens is 510 g/mol. The smallest absolute Gasteiger partial charge is 0.274 e. The van der Waals surface area contributed by atoms with E-state index in [1.807, 2.05) is 35.7 Å². The summed E-state index contributed by atoms with van der Waals surface area (Å²) in [5, 5.41) is 11.9. The van der Waals surface area contributed by atoms with Crippen molar-refractivity contribution in [2.24, 2.45) is 0 Å². The van der Waals surface area contributed by atoms with Crippen molar-refractivity contribution in [2.75, 3.05) is 39.4 Å². The molecule has 0 radical (unpaired) electrons. The van der Waals surface area contributed by atoms with Gasteiger partial charge in [0.05, 0.1) is 35.7 Å². The minimum Gasteiger partial charge on any atom is -0.379 e. The molecule has 2 aliphatic rings. The Morgan fingerprint density at radius 3 is 2.52 bits per heavy atom. The van der Waals surface area contributed by atoms with Gasteiger partial charge in [-0.25, -0.2) is 20.4 Å². The van der Waals surface area contributed by atoms with Gasteiger partial charge in [0.1, 0.15) is 11.5 Å². The second kappa shape index (κ2) is 10.8. The van der Waals surface area contributed by atoms with Gasteiger partial charge in [-0.1, -0.05) is 12.1 Å². The lowest BCUT2D eigenvalue weighted by molar-refractivity contribution is 0.0383. The number of imidazole rings is 1. The molecule has 0 bridgehead atoms. The summed E-state index contributed by atoms with van der Waals surface area (Å²) in [6.45, 7) is 6.55. The molecule has 1 aromatic carbocycles. The van der Waals surface area contributed by atoms with E-state index in [0.29, 0.717) is 23.3 Å². The van der Waals surface area contributed by atoms with Crippen molar-refractivity contribution in [2.45, 2.75) is 25.2 Å². The summed E-state index contributed by atoms with van der Waals surface area (Å²) in [5.74, 6) is 0.0433. The number of hydroxylamine groups is 1. The number of fused-ring (bicyclic) bond motifs is 1. The molecule has 0 unspecified atom stereocenters. The lowest BCUT2D eigenvalue weighted by atomic mass is 9.93. The first kappa shape index (κ1) is 26.1. The van der Waals surface area contributed by atoms with Crippen LogP contribution < -0.4 is 10.8 Å². The number of ether oxygens (including phenoxy) is 1. The standard InChI is InChI=1S/C29H31N7O4/c1-19-25(36-12-7-21(18-24(36)32-19)26(37)30-11-13-35-14-16-40-17-15-35)23-6-10-31-28(33-23)29(8-9-29)22-4-2-20(3-5-22)27(38)34-39/h2-7,10,12,18,39H,8-9,11,13-17H2,1H3,(H,30,37)(H,34,38). The van der Waals surface area contributed by atoms with E-state index in [0.717, 1.165) is 74.2 Å². The first-order valence-electron chi connectivity index (χ1n) is 13.4. The quantitative estimate of drug-likeness (QED) is 0.229. The Labute approximate surface area is 231 Å². The zero-order chi connectivity index (χ0) is 27.7. The van der Waals surface area contributed by atoms with Gasteiger partial charge in [0.15, 0.2) is 0 Å². The molecule has 2 fully saturated rings.